The first kappa shape index (κ1) is 9.27. The topological polar surface area (TPSA) is 24.1 Å². The molecule has 1 aliphatic rings. The third kappa shape index (κ3) is 2.14. The fourth-order valence-corrected chi connectivity index (χ4v) is 2.05. The van der Waals surface area contributed by atoms with Gasteiger partial charge in [-0.3, -0.25) is 0 Å². The van der Waals surface area contributed by atoms with Crippen LogP contribution in [0.2, 0.25) is 0 Å². The molecule has 13 heavy (non-hydrogen) atoms. The van der Waals surface area contributed by atoms with E-state index in [9.17, 15) is 0 Å². The fraction of sp³-hybridized carbons (Fsp3) is 0.400. The van der Waals surface area contributed by atoms with Crippen LogP contribution in [0.25, 0.3) is 0 Å². The molecule has 1 aromatic rings. The van der Waals surface area contributed by atoms with E-state index >= 15 is 0 Å². The number of nitrogens with one attached hydrogen (secondary N) is 2. The second-order valence-corrected chi connectivity index (χ2v) is 4.70. The minimum atomic E-state index is 0.624. The predicted octanol–water partition coefficient (Wildman–Crippen LogP) is 1.98. The lowest BCUT2D eigenvalue weighted by Gasteiger charge is -2.29. The van der Waals surface area contributed by atoms with E-state index in [2.05, 4.69) is 58.3 Å². The van der Waals surface area contributed by atoms with Gasteiger partial charge in [-0.1, -0.05) is 0 Å². The molecule has 0 amide bonds. The number of rotatable bonds is 2. The molecule has 1 heterocycles. The van der Waals surface area contributed by atoms with Crippen molar-refractivity contribution in [3.63, 3.8) is 0 Å². The highest BCUT2D eigenvalue weighted by atomic mass is 127. The molecular formula is C10H13IN2. The maximum atomic E-state index is 3.51. The SMILES string of the molecule is Cc1cc(I)ccc1NC1CNC1. The van der Waals surface area contributed by atoms with Crippen LogP contribution in [0.3, 0.4) is 0 Å². The molecule has 0 aliphatic carbocycles. The van der Waals surface area contributed by atoms with E-state index in [1.54, 1.807) is 0 Å². The van der Waals surface area contributed by atoms with E-state index in [1.807, 2.05) is 0 Å². The Morgan fingerprint density at radius 2 is 2.23 bits per heavy atom. The number of hydrogen-bond acceptors (Lipinski definition) is 2. The molecule has 1 aliphatic heterocycles. The predicted molar refractivity (Wildman–Crippen MR) is 64.2 cm³/mol. The van der Waals surface area contributed by atoms with Crippen LogP contribution in [0, 0.1) is 10.5 Å². The summed E-state index contributed by atoms with van der Waals surface area (Å²) >= 11 is 2.34. The van der Waals surface area contributed by atoms with Crippen molar-refractivity contribution in [1.82, 2.24) is 5.32 Å². The largest absolute Gasteiger partial charge is 0.380 e. The van der Waals surface area contributed by atoms with Crippen LogP contribution in [0.1, 0.15) is 5.56 Å². The Morgan fingerprint density at radius 1 is 1.46 bits per heavy atom. The van der Waals surface area contributed by atoms with Crippen LogP contribution in [-0.4, -0.2) is 19.1 Å². The zero-order valence-electron chi connectivity index (χ0n) is 7.60. The van der Waals surface area contributed by atoms with E-state index in [4.69, 9.17) is 0 Å². The Hall–Kier alpha value is -0.290. The van der Waals surface area contributed by atoms with Crippen molar-refractivity contribution in [2.24, 2.45) is 0 Å². The van der Waals surface area contributed by atoms with E-state index < -0.39 is 0 Å². The number of benzene rings is 1. The molecule has 0 unspecified atom stereocenters. The van der Waals surface area contributed by atoms with Gasteiger partial charge in [-0.05, 0) is 53.3 Å². The summed E-state index contributed by atoms with van der Waals surface area (Å²) in [5.41, 5.74) is 2.60. The van der Waals surface area contributed by atoms with Gasteiger partial charge >= 0.3 is 0 Å². The number of anilines is 1. The summed E-state index contributed by atoms with van der Waals surface area (Å²) < 4.78 is 1.30. The number of aryl methyl sites for hydroxylation is 1. The van der Waals surface area contributed by atoms with Gasteiger partial charge in [0, 0.05) is 22.3 Å². The maximum absolute atomic E-state index is 3.51. The molecule has 2 rings (SSSR count). The normalized spacial score (nSPS) is 16.8. The van der Waals surface area contributed by atoms with Gasteiger partial charge in [0.05, 0.1) is 6.04 Å². The Bertz CT molecular complexity index is 308. The van der Waals surface area contributed by atoms with Gasteiger partial charge in [0.1, 0.15) is 0 Å². The van der Waals surface area contributed by atoms with Crippen molar-refractivity contribution in [3.05, 3.63) is 27.3 Å². The summed E-state index contributed by atoms with van der Waals surface area (Å²) in [4.78, 5) is 0. The Balaban J connectivity index is 2.10. The maximum Gasteiger partial charge on any atom is 0.0510 e. The van der Waals surface area contributed by atoms with Crippen molar-refractivity contribution in [1.29, 1.82) is 0 Å². The van der Waals surface area contributed by atoms with Gasteiger partial charge in [0.15, 0.2) is 0 Å². The third-order valence-electron chi connectivity index (χ3n) is 2.33. The first-order valence-electron chi connectivity index (χ1n) is 4.49. The summed E-state index contributed by atoms with van der Waals surface area (Å²) in [6.07, 6.45) is 0. The van der Waals surface area contributed by atoms with E-state index in [0.717, 1.165) is 13.1 Å². The van der Waals surface area contributed by atoms with Crippen LogP contribution < -0.4 is 10.6 Å². The molecular weight excluding hydrogens is 275 g/mol. The van der Waals surface area contributed by atoms with Crippen molar-refractivity contribution in [2.75, 3.05) is 18.4 Å². The quantitative estimate of drug-likeness (QED) is 0.813. The summed E-state index contributed by atoms with van der Waals surface area (Å²) in [5.74, 6) is 0. The van der Waals surface area contributed by atoms with Crippen LogP contribution >= 0.6 is 22.6 Å². The second-order valence-electron chi connectivity index (χ2n) is 3.46. The standard InChI is InChI=1S/C10H13IN2/c1-7-4-8(11)2-3-10(7)13-9-5-12-6-9/h2-4,9,12-13H,5-6H2,1H3. The van der Waals surface area contributed by atoms with Gasteiger partial charge in [-0.15, -0.1) is 0 Å². The molecule has 2 nitrogen and oxygen atoms in total. The highest BCUT2D eigenvalue weighted by Crippen LogP contribution is 2.19. The van der Waals surface area contributed by atoms with Crippen molar-refractivity contribution in [3.8, 4) is 0 Å². The molecule has 0 aromatic heterocycles. The van der Waals surface area contributed by atoms with Gasteiger partial charge in [-0.2, -0.15) is 0 Å². The average molecular weight is 288 g/mol. The molecule has 0 bridgehead atoms. The number of halogens is 1. The van der Waals surface area contributed by atoms with Gasteiger partial charge < -0.3 is 10.6 Å². The van der Waals surface area contributed by atoms with Crippen LogP contribution in [-0.2, 0) is 0 Å². The van der Waals surface area contributed by atoms with Gasteiger partial charge in [0.25, 0.3) is 0 Å². The molecule has 0 atom stereocenters. The van der Waals surface area contributed by atoms with Crippen molar-refractivity contribution in [2.45, 2.75) is 13.0 Å². The number of hydrogen-bond donors (Lipinski definition) is 2. The Morgan fingerprint density at radius 3 is 2.77 bits per heavy atom. The molecule has 2 N–H and O–H groups in total. The Kier molecular flexibility index (Phi) is 2.74. The fourth-order valence-electron chi connectivity index (χ4n) is 1.40. The van der Waals surface area contributed by atoms with Crippen molar-refractivity contribution < 1.29 is 0 Å². The third-order valence-corrected chi connectivity index (χ3v) is 3.00. The highest BCUT2D eigenvalue weighted by Gasteiger charge is 2.16. The molecule has 3 heteroatoms. The molecule has 1 saturated heterocycles. The zero-order valence-corrected chi connectivity index (χ0v) is 9.76. The van der Waals surface area contributed by atoms with Crippen LogP contribution in [0.5, 0.6) is 0 Å². The molecule has 0 saturated carbocycles. The van der Waals surface area contributed by atoms with E-state index in [1.165, 1.54) is 14.8 Å². The first-order chi connectivity index (χ1) is 6.25. The summed E-state index contributed by atoms with van der Waals surface area (Å²) in [6.45, 7) is 4.33. The van der Waals surface area contributed by atoms with Gasteiger partial charge in [0.2, 0.25) is 0 Å². The average Bonchev–Trinajstić information content (AvgIpc) is 1.99. The minimum Gasteiger partial charge on any atom is -0.380 e. The molecule has 70 valence electrons. The second kappa shape index (κ2) is 3.84. The highest BCUT2D eigenvalue weighted by molar-refractivity contribution is 14.1. The summed E-state index contributed by atoms with van der Waals surface area (Å²) in [5, 5.41) is 6.76. The zero-order chi connectivity index (χ0) is 9.26. The smallest absolute Gasteiger partial charge is 0.0510 e. The lowest BCUT2D eigenvalue weighted by Crippen LogP contribution is -2.51. The molecule has 0 radical (unpaired) electrons. The van der Waals surface area contributed by atoms with Crippen molar-refractivity contribution >= 4 is 28.3 Å². The molecule has 1 fully saturated rings. The lowest BCUT2D eigenvalue weighted by atomic mass is 10.1. The summed E-state index contributed by atoms with van der Waals surface area (Å²) in [6, 6.07) is 7.13. The van der Waals surface area contributed by atoms with Crippen LogP contribution in [0.15, 0.2) is 18.2 Å². The molecule has 0 spiro atoms. The Labute approximate surface area is 92.2 Å². The molecule has 1 aromatic carbocycles. The van der Waals surface area contributed by atoms with Gasteiger partial charge in [-0.25, -0.2) is 0 Å². The minimum absolute atomic E-state index is 0.624. The van der Waals surface area contributed by atoms with E-state index in [-0.39, 0.29) is 0 Å². The van der Waals surface area contributed by atoms with Crippen LogP contribution in [0.4, 0.5) is 5.69 Å². The summed E-state index contributed by atoms with van der Waals surface area (Å²) in [7, 11) is 0. The lowest BCUT2D eigenvalue weighted by molar-refractivity contribution is 0.472. The van der Waals surface area contributed by atoms with E-state index in [0.29, 0.717) is 6.04 Å². The first-order valence-corrected chi connectivity index (χ1v) is 5.57. The monoisotopic (exact) mass is 288 g/mol.